The Hall–Kier alpha value is -1.87. The van der Waals surface area contributed by atoms with Gasteiger partial charge in [0.2, 0.25) is 0 Å². The summed E-state index contributed by atoms with van der Waals surface area (Å²) in [5.41, 5.74) is 6.51. The molecule has 2 N–H and O–H groups in total. The Morgan fingerprint density at radius 3 is 2.22 bits per heavy atom. The summed E-state index contributed by atoms with van der Waals surface area (Å²) >= 11 is 5.81. The number of halogens is 1. The van der Waals surface area contributed by atoms with Gasteiger partial charge in [-0.05, 0) is 36.8 Å². The molecule has 4 nitrogen and oxygen atoms in total. The molecule has 3 rings (SSSR count). The van der Waals surface area contributed by atoms with E-state index in [0.717, 1.165) is 11.1 Å². The van der Waals surface area contributed by atoms with Crippen LogP contribution in [0.25, 0.3) is 0 Å². The monoisotopic (exact) mass is 346 g/mol. The van der Waals surface area contributed by atoms with Crippen molar-refractivity contribution in [1.29, 1.82) is 5.26 Å². The molecule has 1 aliphatic carbocycles. The van der Waals surface area contributed by atoms with Crippen molar-refractivity contribution in [3.8, 4) is 6.07 Å². The van der Waals surface area contributed by atoms with Crippen LogP contribution in [0.4, 0.5) is 0 Å². The van der Waals surface area contributed by atoms with Crippen LogP contribution in [0.3, 0.4) is 0 Å². The molecule has 118 valence electrons. The van der Waals surface area contributed by atoms with Gasteiger partial charge in [-0.2, -0.15) is 5.26 Å². The zero-order chi connectivity index (χ0) is 16.8. The van der Waals surface area contributed by atoms with E-state index in [0.29, 0.717) is 5.02 Å². The van der Waals surface area contributed by atoms with Gasteiger partial charge < -0.3 is 5.73 Å². The van der Waals surface area contributed by atoms with Crippen molar-refractivity contribution >= 4 is 21.4 Å². The molecule has 0 bridgehead atoms. The molecule has 1 saturated carbocycles. The van der Waals surface area contributed by atoms with Gasteiger partial charge in [0.1, 0.15) is 10.8 Å². The fourth-order valence-corrected chi connectivity index (χ4v) is 5.25. The highest BCUT2D eigenvalue weighted by Crippen LogP contribution is 2.55. The summed E-state index contributed by atoms with van der Waals surface area (Å²) in [5.74, 6) is -0.534. The standard InChI is InChI=1S/C17H15ClN2O2S/c1-11-2-4-12(5-3-11)15-16(17(15,20)10-19)23(21,22)14-8-6-13(18)7-9-14/h2-9,15-16H,20H2,1H3/t15-,16-,17+/m1/s1. The summed E-state index contributed by atoms with van der Waals surface area (Å²) in [4.78, 5) is 0.131. The predicted molar refractivity (Wildman–Crippen MR) is 88.9 cm³/mol. The number of benzene rings is 2. The van der Waals surface area contributed by atoms with Gasteiger partial charge in [-0.3, -0.25) is 0 Å². The van der Waals surface area contributed by atoms with E-state index in [4.69, 9.17) is 17.3 Å². The normalized spacial score (nSPS) is 26.5. The van der Waals surface area contributed by atoms with Gasteiger partial charge in [0, 0.05) is 10.9 Å². The largest absolute Gasteiger partial charge is 0.312 e. The van der Waals surface area contributed by atoms with E-state index >= 15 is 0 Å². The van der Waals surface area contributed by atoms with Crippen LogP contribution in [0, 0.1) is 18.3 Å². The van der Waals surface area contributed by atoms with E-state index in [9.17, 15) is 13.7 Å². The van der Waals surface area contributed by atoms with Crippen LogP contribution in [0.2, 0.25) is 5.02 Å². The fraction of sp³-hybridized carbons (Fsp3) is 0.235. The third-order valence-electron chi connectivity index (χ3n) is 4.29. The van der Waals surface area contributed by atoms with E-state index in [2.05, 4.69) is 0 Å². The molecule has 2 aromatic carbocycles. The van der Waals surface area contributed by atoms with E-state index in [1.165, 1.54) is 24.3 Å². The lowest BCUT2D eigenvalue weighted by Crippen LogP contribution is -2.29. The third kappa shape index (κ3) is 2.53. The maximum Gasteiger partial charge on any atom is 0.184 e. The zero-order valence-corrected chi connectivity index (χ0v) is 14.0. The van der Waals surface area contributed by atoms with E-state index in [1.54, 1.807) is 0 Å². The van der Waals surface area contributed by atoms with Gasteiger partial charge in [-0.1, -0.05) is 41.4 Å². The van der Waals surface area contributed by atoms with Gasteiger partial charge in [0.05, 0.1) is 11.0 Å². The van der Waals surface area contributed by atoms with E-state index < -0.39 is 26.5 Å². The number of aryl methyl sites for hydroxylation is 1. The SMILES string of the molecule is Cc1ccc([C@@H]2[C@@H](S(=O)(=O)c3ccc(Cl)cc3)[C@]2(N)C#N)cc1. The van der Waals surface area contributed by atoms with E-state index in [1.807, 2.05) is 37.3 Å². The minimum atomic E-state index is -3.72. The van der Waals surface area contributed by atoms with Crippen molar-refractivity contribution in [3.63, 3.8) is 0 Å². The van der Waals surface area contributed by atoms with Crippen molar-refractivity contribution in [2.45, 2.75) is 28.5 Å². The summed E-state index contributed by atoms with van der Waals surface area (Å²) in [6, 6.07) is 15.3. The number of sulfone groups is 1. The predicted octanol–water partition coefficient (Wildman–Crippen LogP) is 2.81. The van der Waals surface area contributed by atoms with Crippen molar-refractivity contribution < 1.29 is 8.42 Å². The molecular formula is C17H15ClN2O2S. The van der Waals surface area contributed by atoms with Crippen LogP contribution in [0.5, 0.6) is 0 Å². The first kappa shape index (κ1) is 16.0. The summed E-state index contributed by atoms with van der Waals surface area (Å²) in [6.45, 7) is 1.94. The second-order valence-corrected chi connectivity index (χ2v) is 8.36. The number of hydrogen-bond donors (Lipinski definition) is 1. The Morgan fingerprint density at radius 2 is 1.70 bits per heavy atom. The quantitative estimate of drug-likeness (QED) is 0.926. The van der Waals surface area contributed by atoms with Crippen LogP contribution in [-0.4, -0.2) is 19.2 Å². The molecule has 1 fully saturated rings. The molecule has 2 aromatic rings. The molecule has 0 amide bonds. The first-order valence-corrected chi connectivity index (χ1v) is 8.99. The maximum atomic E-state index is 12.9. The Morgan fingerprint density at radius 1 is 1.13 bits per heavy atom. The second kappa shape index (κ2) is 5.34. The van der Waals surface area contributed by atoms with Crippen molar-refractivity contribution in [2.24, 2.45) is 5.73 Å². The molecule has 0 aromatic heterocycles. The molecule has 3 atom stereocenters. The second-order valence-electron chi connectivity index (χ2n) is 5.85. The molecule has 0 saturated heterocycles. The highest BCUT2D eigenvalue weighted by Gasteiger charge is 2.70. The van der Waals surface area contributed by atoms with Crippen LogP contribution in [-0.2, 0) is 9.84 Å². The molecular weight excluding hydrogens is 332 g/mol. The highest BCUT2D eigenvalue weighted by molar-refractivity contribution is 7.92. The van der Waals surface area contributed by atoms with Crippen LogP contribution in [0.15, 0.2) is 53.4 Å². The Labute approximate surface area is 140 Å². The molecule has 23 heavy (non-hydrogen) atoms. The molecule has 0 heterocycles. The Bertz CT molecular complexity index is 886. The minimum Gasteiger partial charge on any atom is -0.312 e. The van der Waals surface area contributed by atoms with E-state index in [-0.39, 0.29) is 4.90 Å². The summed E-state index contributed by atoms with van der Waals surface area (Å²) in [7, 11) is -3.72. The first-order chi connectivity index (χ1) is 10.8. The number of nitrogens with two attached hydrogens (primary N) is 1. The van der Waals surface area contributed by atoms with Crippen molar-refractivity contribution in [1.82, 2.24) is 0 Å². The van der Waals surface area contributed by atoms with Crippen molar-refractivity contribution in [2.75, 3.05) is 0 Å². The lowest BCUT2D eigenvalue weighted by Gasteiger charge is -2.04. The summed E-state index contributed by atoms with van der Waals surface area (Å²) in [5, 5.41) is 8.91. The number of rotatable bonds is 3. The molecule has 0 unspecified atom stereocenters. The van der Waals surface area contributed by atoms with Gasteiger partial charge in [0.25, 0.3) is 0 Å². The highest BCUT2D eigenvalue weighted by atomic mass is 35.5. The lowest BCUT2D eigenvalue weighted by atomic mass is 10.1. The Balaban J connectivity index is 2.03. The van der Waals surface area contributed by atoms with Gasteiger partial charge >= 0.3 is 0 Å². The first-order valence-electron chi connectivity index (χ1n) is 7.07. The zero-order valence-electron chi connectivity index (χ0n) is 12.4. The molecule has 0 spiro atoms. The van der Waals surface area contributed by atoms with Gasteiger partial charge in [0.15, 0.2) is 9.84 Å². The molecule has 1 aliphatic rings. The number of hydrogen-bond acceptors (Lipinski definition) is 4. The summed E-state index contributed by atoms with van der Waals surface area (Å²) in [6.07, 6.45) is 0. The molecule has 6 heteroatoms. The average Bonchev–Trinajstić information content (AvgIpc) is 3.16. The maximum absolute atomic E-state index is 12.9. The van der Waals surface area contributed by atoms with Crippen molar-refractivity contribution in [3.05, 3.63) is 64.7 Å². The topological polar surface area (TPSA) is 83.9 Å². The average molecular weight is 347 g/mol. The third-order valence-corrected chi connectivity index (χ3v) is 6.80. The van der Waals surface area contributed by atoms with Crippen LogP contribution >= 0.6 is 11.6 Å². The fourth-order valence-electron chi connectivity index (χ4n) is 2.94. The molecule has 0 aliphatic heterocycles. The molecule has 0 radical (unpaired) electrons. The van der Waals surface area contributed by atoms with Gasteiger partial charge in [-0.25, -0.2) is 8.42 Å². The minimum absolute atomic E-state index is 0.131. The number of nitriles is 1. The Kier molecular flexibility index (Phi) is 3.72. The van der Waals surface area contributed by atoms with Crippen LogP contribution < -0.4 is 5.73 Å². The number of nitrogens with zero attached hydrogens (tertiary/aromatic N) is 1. The van der Waals surface area contributed by atoms with Gasteiger partial charge in [-0.15, -0.1) is 0 Å². The smallest absolute Gasteiger partial charge is 0.184 e. The van der Waals surface area contributed by atoms with Crippen LogP contribution in [0.1, 0.15) is 17.0 Å². The lowest BCUT2D eigenvalue weighted by molar-refractivity contribution is 0.592. The summed E-state index contributed by atoms with van der Waals surface area (Å²) < 4.78 is 25.7.